The first-order chi connectivity index (χ1) is 11.0. The summed E-state index contributed by atoms with van der Waals surface area (Å²) in [5.74, 6) is 0.665. The molecule has 9 heteroatoms. The number of carbonyl (C=O) groups is 1. The van der Waals surface area contributed by atoms with E-state index in [0.29, 0.717) is 18.2 Å². The quantitative estimate of drug-likeness (QED) is 0.704. The zero-order valence-corrected chi connectivity index (χ0v) is 14.4. The van der Waals surface area contributed by atoms with Gasteiger partial charge in [0.2, 0.25) is 5.91 Å². The van der Waals surface area contributed by atoms with E-state index >= 15 is 0 Å². The highest BCUT2D eigenvalue weighted by Gasteiger charge is 2.42. The second-order valence-corrected chi connectivity index (χ2v) is 9.80. The molecular weight excluding hydrogens is 336 g/mol. The highest BCUT2D eigenvalue weighted by molar-refractivity contribution is 7.99. The lowest BCUT2D eigenvalue weighted by Crippen LogP contribution is -2.43. The van der Waals surface area contributed by atoms with Crippen LogP contribution >= 0.6 is 11.8 Å². The minimum Gasteiger partial charge on any atom is -0.335 e. The average molecular weight is 356 g/mol. The van der Waals surface area contributed by atoms with Crippen molar-refractivity contribution in [2.45, 2.75) is 55.4 Å². The lowest BCUT2D eigenvalue weighted by Gasteiger charge is -2.28. The summed E-state index contributed by atoms with van der Waals surface area (Å²) >= 11 is 1.41. The SMILES string of the molecule is O=C(CSc1nncn1C1CC1)N(C1CC1)C1CCS(=O)(=O)C1. The standard InChI is InChI=1S/C14H20N4O3S2/c19-13(7-22-14-16-15-9-17(14)10-1-2-10)18(11-3-4-11)12-5-6-23(20,21)8-12/h9-12H,1-8H2. The Hall–Kier alpha value is -1.09. The number of rotatable bonds is 6. The normalized spacial score (nSPS) is 26.3. The minimum absolute atomic E-state index is 0.0324. The molecule has 0 aromatic carbocycles. The van der Waals surface area contributed by atoms with Crippen molar-refractivity contribution >= 4 is 27.5 Å². The molecule has 3 aliphatic rings. The summed E-state index contributed by atoms with van der Waals surface area (Å²) < 4.78 is 25.5. The van der Waals surface area contributed by atoms with Gasteiger partial charge in [0.15, 0.2) is 15.0 Å². The van der Waals surface area contributed by atoms with E-state index in [1.165, 1.54) is 11.8 Å². The molecule has 1 aromatic heterocycles. The van der Waals surface area contributed by atoms with Crippen molar-refractivity contribution in [3.8, 4) is 0 Å². The van der Waals surface area contributed by atoms with Crippen LogP contribution in [0.25, 0.3) is 0 Å². The molecule has 0 radical (unpaired) electrons. The Bertz CT molecular complexity index is 709. The fourth-order valence-corrected chi connectivity index (χ4v) is 5.76. The first-order valence-corrected chi connectivity index (χ1v) is 10.9. The number of thioether (sulfide) groups is 1. The molecule has 23 heavy (non-hydrogen) atoms. The molecule has 4 rings (SSSR count). The summed E-state index contributed by atoms with van der Waals surface area (Å²) in [6, 6.07) is 0.590. The second-order valence-electron chi connectivity index (χ2n) is 6.63. The van der Waals surface area contributed by atoms with Gasteiger partial charge in [-0.1, -0.05) is 11.8 Å². The van der Waals surface area contributed by atoms with Gasteiger partial charge in [0.1, 0.15) is 6.33 Å². The fraction of sp³-hybridized carbons (Fsp3) is 0.786. The highest BCUT2D eigenvalue weighted by atomic mass is 32.2. The molecular formula is C14H20N4O3S2. The second kappa shape index (κ2) is 5.77. The number of nitrogens with zero attached hydrogens (tertiary/aromatic N) is 4. The number of hydrogen-bond acceptors (Lipinski definition) is 6. The van der Waals surface area contributed by atoms with Gasteiger partial charge in [-0.3, -0.25) is 4.79 Å². The van der Waals surface area contributed by atoms with Gasteiger partial charge in [0.25, 0.3) is 0 Å². The third kappa shape index (κ3) is 3.40. The van der Waals surface area contributed by atoms with Crippen LogP contribution in [0.5, 0.6) is 0 Å². The van der Waals surface area contributed by atoms with Crippen LogP contribution in [0.15, 0.2) is 11.5 Å². The molecule has 7 nitrogen and oxygen atoms in total. The first kappa shape index (κ1) is 15.4. The molecule has 0 bridgehead atoms. The zero-order valence-electron chi connectivity index (χ0n) is 12.8. The third-order valence-corrected chi connectivity index (χ3v) is 7.33. The highest BCUT2D eigenvalue weighted by Crippen LogP contribution is 2.38. The summed E-state index contributed by atoms with van der Waals surface area (Å²) in [6.07, 6.45) is 6.58. The molecule has 0 N–H and O–H groups in total. The maximum Gasteiger partial charge on any atom is 0.233 e. The molecule has 1 aliphatic heterocycles. The van der Waals surface area contributed by atoms with Crippen molar-refractivity contribution in [2.75, 3.05) is 17.3 Å². The van der Waals surface area contributed by atoms with E-state index in [0.717, 1.165) is 30.8 Å². The van der Waals surface area contributed by atoms with E-state index < -0.39 is 9.84 Å². The van der Waals surface area contributed by atoms with E-state index in [9.17, 15) is 13.2 Å². The van der Waals surface area contributed by atoms with Crippen molar-refractivity contribution in [1.82, 2.24) is 19.7 Å². The monoisotopic (exact) mass is 356 g/mol. The van der Waals surface area contributed by atoms with Crippen LogP contribution in [0.4, 0.5) is 0 Å². The largest absolute Gasteiger partial charge is 0.335 e. The van der Waals surface area contributed by atoms with Crippen molar-refractivity contribution < 1.29 is 13.2 Å². The van der Waals surface area contributed by atoms with Crippen LogP contribution in [0.1, 0.15) is 38.1 Å². The van der Waals surface area contributed by atoms with E-state index in [-0.39, 0.29) is 29.5 Å². The van der Waals surface area contributed by atoms with Crippen LogP contribution in [0.3, 0.4) is 0 Å². The van der Waals surface area contributed by atoms with Gasteiger partial charge in [-0.25, -0.2) is 8.42 Å². The average Bonchev–Trinajstić information content (AvgIpc) is 3.42. The van der Waals surface area contributed by atoms with Gasteiger partial charge in [-0.2, -0.15) is 0 Å². The summed E-state index contributed by atoms with van der Waals surface area (Å²) in [6.45, 7) is 0. The van der Waals surface area contributed by atoms with Crippen molar-refractivity contribution in [1.29, 1.82) is 0 Å². The number of hydrogen-bond donors (Lipinski definition) is 0. The molecule has 1 unspecified atom stereocenters. The third-order valence-electron chi connectivity index (χ3n) is 4.64. The Labute approximate surface area is 139 Å². The van der Waals surface area contributed by atoms with Gasteiger partial charge in [0, 0.05) is 18.1 Å². The molecule has 1 aromatic rings. The van der Waals surface area contributed by atoms with Gasteiger partial charge >= 0.3 is 0 Å². The smallest absolute Gasteiger partial charge is 0.233 e. The first-order valence-electron chi connectivity index (χ1n) is 8.07. The fourth-order valence-electron chi connectivity index (χ4n) is 3.19. The maximum atomic E-state index is 12.7. The number of amides is 1. The van der Waals surface area contributed by atoms with E-state index in [2.05, 4.69) is 10.2 Å². The zero-order chi connectivity index (χ0) is 16.0. The van der Waals surface area contributed by atoms with Gasteiger partial charge in [-0.15, -0.1) is 10.2 Å². The maximum absolute atomic E-state index is 12.7. The molecule has 2 aliphatic carbocycles. The topological polar surface area (TPSA) is 85.2 Å². The Kier molecular flexibility index (Phi) is 3.87. The molecule has 126 valence electrons. The predicted molar refractivity (Wildman–Crippen MR) is 85.9 cm³/mol. The number of sulfone groups is 1. The molecule has 1 atom stereocenters. The van der Waals surface area contributed by atoms with Crippen LogP contribution in [0, 0.1) is 0 Å². The molecule has 1 amide bonds. The van der Waals surface area contributed by atoms with E-state index in [1.807, 2.05) is 9.47 Å². The van der Waals surface area contributed by atoms with Crippen molar-refractivity contribution in [3.63, 3.8) is 0 Å². The minimum atomic E-state index is -2.97. The van der Waals surface area contributed by atoms with Gasteiger partial charge in [-0.05, 0) is 32.1 Å². The van der Waals surface area contributed by atoms with Crippen molar-refractivity contribution in [3.05, 3.63) is 6.33 Å². The van der Waals surface area contributed by atoms with Gasteiger partial charge < -0.3 is 9.47 Å². The molecule has 2 saturated carbocycles. The molecule has 1 saturated heterocycles. The van der Waals surface area contributed by atoms with E-state index in [4.69, 9.17) is 0 Å². The van der Waals surface area contributed by atoms with Crippen LogP contribution < -0.4 is 0 Å². The van der Waals surface area contributed by atoms with Gasteiger partial charge in [0.05, 0.1) is 17.3 Å². The van der Waals surface area contributed by atoms with Crippen LogP contribution in [-0.4, -0.2) is 63.3 Å². The number of carbonyl (C=O) groups excluding carboxylic acids is 1. The summed E-state index contributed by atoms with van der Waals surface area (Å²) in [5, 5.41) is 8.82. The number of aromatic nitrogens is 3. The summed E-state index contributed by atoms with van der Waals surface area (Å²) in [5.41, 5.74) is 0. The Morgan fingerprint density at radius 2 is 2.04 bits per heavy atom. The molecule has 3 fully saturated rings. The van der Waals surface area contributed by atoms with Crippen molar-refractivity contribution in [2.24, 2.45) is 0 Å². The summed E-state index contributed by atoms with van der Waals surface area (Å²) in [4.78, 5) is 14.5. The Morgan fingerprint density at radius 3 is 2.65 bits per heavy atom. The van der Waals surface area contributed by atoms with Crippen LogP contribution in [0.2, 0.25) is 0 Å². The van der Waals surface area contributed by atoms with Crippen LogP contribution in [-0.2, 0) is 14.6 Å². The summed E-state index contributed by atoms with van der Waals surface area (Å²) in [7, 11) is -2.97. The van der Waals surface area contributed by atoms with E-state index in [1.54, 1.807) is 6.33 Å². The molecule has 0 spiro atoms. The predicted octanol–water partition coefficient (Wildman–Crippen LogP) is 0.883. The lowest BCUT2D eigenvalue weighted by molar-refractivity contribution is -0.130. The Balaban J connectivity index is 1.41. The molecule has 2 heterocycles. The Morgan fingerprint density at radius 1 is 1.26 bits per heavy atom. The lowest BCUT2D eigenvalue weighted by atomic mass is 10.2.